The van der Waals surface area contributed by atoms with E-state index in [0.717, 1.165) is 32.1 Å². The molecule has 6 heteroatoms. The molecule has 1 N–H and O–H groups in total. The van der Waals surface area contributed by atoms with Gasteiger partial charge in [-0.2, -0.15) is 0 Å². The first-order valence-corrected chi connectivity index (χ1v) is 11.8. The van der Waals surface area contributed by atoms with E-state index in [-0.39, 0.29) is 53.1 Å². The molecule has 4 aliphatic rings. The van der Waals surface area contributed by atoms with Crippen LogP contribution in [-0.4, -0.2) is 41.6 Å². The molecule has 0 aromatic carbocycles. The van der Waals surface area contributed by atoms with Gasteiger partial charge in [-0.25, -0.2) is 0 Å². The smallest absolute Gasteiger partial charge is 0.302 e. The van der Waals surface area contributed by atoms with E-state index in [1.807, 2.05) is 6.08 Å². The van der Waals surface area contributed by atoms with Crippen LogP contribution in [0.15, 0.2) is 11.6 Å². The monoisotopic (exact) mass is 432 g/mol. The van der Waals surface area contributed by atoms with Gasteiger partial charge in [-0.05, 0) is 73.2 Å². The SMILES string of the molecule is CC(=O)OC[C@H](O)[C@H]1CC[C@H]2[C@@H]3CCC4=CC(=O)CC[C@]4(C)[C@H]3[C@@H](OC(C)=O)C[C@]12C. The van der Waals surface area contributed by atoms with Crippen molar-refractivity contribution in [2.75, 3.05) is 6.61 Å². The van der Waals surface area contributed by atoms with Gasteiger partial charge in [0.1, 0.15) is 12.7 Å². The van der Waals surface area contributed by atoms with Gasteiger partial charge in [-0.3, -0.25) is 14.4 Å². The Morgan fingerprint density at radius 2 is 1.90 bits per heavy atom. The minimum atomic E-state index is -0.713. The highest BCUT2D eigenvalue weighted by Crippen LogP contribution is 2.67. The molecule has 0 aliphatic heterocycles. The largest absolute Gasteiger partial charge is 0.463 e. The molecular weight excluding hydrogens is 396 g/mol. The number of ether oxygens (including phenoxy) is 2. The van der Waals surface area contributed by atoms with Crippen LogP contribution in [-0.2, 0) is 23.9 Å². The highest BCUT2D eigenvalue weighted by atomic mass is 16.5. The van der Waals surface area contributed by atoms with Crippen molar-refractivity contribution in [3.05, 3.63) is 11.6 Å². The number of carbonyl (C=O) groups is 3. The Morgan fingerprint density at radius 1 is 1.16 bits per heavy atom. The normalized spacial score (nSPS) is 42.5. The second-order valence-corrected chi connectivity index (χ2v) is 10.8. The molecule has 4 aliphatic carbocycles. The molecule has 0 unspecified atom stereocenters. The molecule has 0 heterocycles. The first-order chi connectivity index (χ1) is 14.6. The lowest BCUT2D eigenvalue weighted by molar-refractivity contribution is -0.180. The number of carbonyl (C=O) groups excluding carboxylic acids is 3. The van der Waals surface area contributed by atoms with E-state index in [2.05, 4.69) is 13.8 Å². The molecule has 31 heavy (non-hydrogen) atoms. The van der Waals surface area contributed by atoms with Crippen molar-refractivity contribution in [3.63, 3.8) is 0 Å². The fourth-order valence-electron chi connectivity index (χ4n) is 7.96. The highest BCUT2D eigenvalue weighted by molar-refractivity contribution is 5.91. The van der Waals surface area contributed by atoms with Crippen LogP contribution in [0, 0.1) is 34.5 Å². The van der Waals surface area contributed by atoms with Gasteiger partial charge in [-0.1, -0.05) is 19.4 Å². The van der Waals surface area contributed by atoms with Gasteiger partial charge in [-0.15, -0.1) is 0 Å². The number of aliphatic hydroxyl groups is 1. The summed E-state index contributed by atoms with van der Waals surface area (Å²) in [4.78, 5) is 35.5. The summed E-state index contributed by atoms with van der Waals surface area (Å²) in [5, 5.41) is 10.9. The van der Waals surface area contributed by atoms with Crippen LogP contribution in [0.1, 0.15) is 72.6 Å². The Balaban J connectivity index is 1.67. The lowest BCUT2D eigenvalue weighted by Crippen LogP contribution is -2.58. The van der Waals surface area contributed by atoms with Crippen molar-refractivity contribution < 1.29 is 29.0 Å². The third kappa shape index (κ3) is 3.75. The summed E-state index contributed by atoms with van der Waals surface area (Å²) < 4.78 is 11.1. The van der Waals surface area contributed by atoms with E-state index < -0.39 is 6.10 Å². The number of esters is 2. The van der Waals surface area contributed by atoms with Gasteiger partial charge < -0.3 is 14.6 Å². The zero-order chi connectivity index (χ0) is 22.6. The Labute approximate surface area is 184 Å². The van der Waals surface area contributed by atoms with Gasteiger partial charge in [0.15, 0.2) is 5.78 Å². The first-order valence-electron chi connectivity index (χ1n) is 11.8. The van der Waals surface area contributed by atoms with Gasteiger partial charge in [0.25, 0.3) is 0 Å². The van der Waals surface area contributed by atoms with Crippen molar-refractivity contribution in [2.24, 2.45) is 34.5 Å². The summed E-state index contributed by atoms with van der Waals surface area (Å²) in [6.07, 6.45) is 6.82. The average Bonchev–Trinajstić information content (AvgIpc) is 3.02. The Morgan fingerprint density at radius 3 is 2.58 bits per heavy atom. The van der Waals surface area contributed by atoms with E-state index in [1.165, 1.54) is 19.4 Å². The molecule has 172 valence electrons. The Kier molecular flexibility index (Phi) is 5.82. The number of allylic oxidation sites excluding steroid dienone is 1. The number of rotatable bonds is 4. The van der Waals surface area contributed by atoms with Gasteiger partial charge >= 0.3 is 11.9 Å². The summed E-state index contributed by atoms with van der Waals surface area (Å²) in [5.74, 6) is 0.589. The molecule has 0 amide bonds. The maximum absolute atomic E-state index is 12.1. The van der Waals surface area contributed by atoms with Crippen molar-refractivity contribution in [3.8, 4) is 0 Å². The topological polar surface area (TPSA) is 89.9 Å². The van der Waals surface area contributed by atoms with Crippen LogP contribution in [0.3, 0.4) is 0 Å². The Bertz CT molecular complexity index is 802. The molecule has 0 bridgehead atoms. The third-order valence-corrected chi connectivity index (χ3v) is 9.18. The molecule has 0 saturated heterocycles. The summed E-state index contributed by atoms with van der Waals surface area (Å²) in [5.41, 5.74) is 0.936. The van der Waals surface area contributed by atoms with Gasteiger partial charge in [0.05, 0.1) is 6.10 Å². The summed E-state index contributed by atoms with van der Waals surface area (Å²) >= 11 is 0. The molecule has 0 aromatic rings. The predicted octanol–water partition coefficient (Wildman–Crippen LogP) is 3.60. The van der Waals surface area contributed by atoms with Crippen LogP contribution in [0.5, 0.6) is 0 Å². The molecular formula is C25H36O6. The highest BCUT2D eigenvalue weighted by Gasteiger charge is 2.63. The van der Waals surface area contributed by atoms with Crippen LogP contribution < -0.4 is 0 Å². The maximum Gasteiger partial charge on any atom is 0.302 e. The van der Waals surface area contributed by atoms with E-state index >= 15 is 0 Å². The minimum Gasteiger partial charge on any atom is -0.463 e. The van der Waals surface area contributed by atoms with Crippen LogP contribution in [0.25, 0.3) is 0 Å². The lowest BCUT2D eigenvalue weighted by Gasteiger charge is -2.60. The number of aliphatic hydroxyl groups excluding tert-OH is 1. The van der Waals surface area contributed by atoms with Crippen molar-refractivity contribution in [1.29, 1.82) is 0 Å². The lowest BCUT2D eigenvalue weighted by atomic mass is 9.45. The average molecular weight is 433 g/mol. The molecule has 0 spiro atoms. The van der Waals surface area contributed by atoms with Crippen molar-refractivity contribution in [2.45, 2.75) is 84.8 Å². The molecule has 3 fully saturated rings. The molecule has 4 rings (SSSR count). The van der Waals surface area contributed by atoms with Gasteiger partial charge in [0.2, 0.25) is 0 Å². The number of ketones is 1. The fourth-order valence-corrected chi connectivity index (χ4v) is 7.96. The standard InChI is InChI=1S/C25H36O6/c1-14(26)30-13-21(29)20-8-7-19-18-6-5-16-11-17(28)9-10-24(16,3)23(18)22(31-15(2)27)12-25(19,20)4/h11,18-23,29H,5-10,12-13H2,1-4H3/t18-,19-,20+,21-,22-,23+,24-,25-/m0/s1. The number of hydrogen-bond donors (Lipinski definition) is 1. The van der Waals surface area contributed by atoms with Crippen LogP contribution >= 0.6 is 0 Å². The zero-order valence-electron chi connectivity index (χ0n) is 19.2. The van der Waals surface area contributed by atoms with Crippen molar-refractivity contribution >= 4 is 17.7 Å². The molecule has 8 atom stereocenters. The van der Waals surface area contributed by atoms with Gasteiger partial charge in [0, 0.05) is 26.2 Å². The predicted molar refractivity (Wildman–Crippen MR) is 114 cm³/mol. The molecule has 0 aromatic heterocycles. The fraction of sp³-hybridized carbons (Fsp3) is 0.800. The second kappa shape index (κ2) is 8.02. The van der Waals surface area contributed by atoms with E-state index in [9.17, 15) is 19.5 Å². The van der Waals surface area contributed by atoms with Crippen molar-refractivity contribution in [1.82, 2.24) is 0 Å². The molecule has 3 saturated carbocycles. The third-order valence-electron chi connectivity index (χ3n) is 9.18. The number of hydrogen-bond acceptors (Lipinski definition) is 6. The number of fused-ring (bicyclic) bond motifs is 5. The molecule has 6 nitrogen and oxygen atoms in total. The first kappa shape index (κ1) is 22.5. The Hall–Kier alpha value is -1.69. The van der Waals surface area contributed by atoms with E-state index in [0.29, 0.717) is 24.7 Å². The minimum absolute atomic E-state index is 0.00790. The van der Waals surface area contributed by atoms with E-state index in [4.69, 9.17) is 9.47 Å². The molecule has 0 radical (unpaired) electrons. The maximum atomic E-state index is 12.1. The zero-order valence-corrected chi connectivity index (χ0v) is 19.2. The van der Waals surface area contributed by atoms with E-state index in [1.54, 1.807) is 0 Å². The second-order valence-electron chi connectivity index (χ2n) is 10.8. The van der Waals surface area contributed by atoms with Crippen LogP contribution in [0.4, 0.5) is 0 Å². The summed E-state index contributed by atoms with van der Waals surface area (Å²) in [7, 11) is 0. The van der Waals surface area contributed by atoms with Crippen LogP contribution in [0.2, 0.25) is 0 Å². The summed E-state index contributed by atoms with van der Waals surface area (Å²) in [6, 6.07) is 0. The quantitative estimate of drug-likeness (QED) is 0.683. The summed E-state index contributed by atoms with van der Waals surface area (Å²) in [6.45, 7) is 7.34.